The van der Waals surface area contributed by atoms with E-state index in [0.29, 0.717) is 53.0 Å². The molecule has 7 nitrogen and oxygen atoms in total. The van der Waals surface area contributed by atoms with Gasteiger partial charge in [-0.25, -0.2) is 0 Å². The molecule has 0 radical (unpaired) electrons. The van der Waals surface area contributed by atoms with Crippen molar-refractivity contribution in [2.75, 3.05) is 42.1 Å². The molecule has 7 heteroatoms. The number of hydrogen-bond acceptors (Lipinski definition) is 6. The van der Waals surface area contributed by atoms with Gasteiger partial charge in [-0.05, 0) is 30.7 Å². The highest BCUT2D eigenvalue weighted by Gasteiger charge is 2.32. The van der Waals surface area contributed by atoms with E-state index >= 15 is 0 Å². The van der Waals surface area contributed by atoms with Crippen molar-refractivity contribution in [3.05, 3.63) is 47.5 Å². The zero-order valence-corrected chi connectivity index (χ0v) is 17.3. The topological polar surface area (TPSA) is 66.5 Å². The first-order chi connectivity index (χ1) is 14.0. The second-order valence-corrected chi connectivity index (χ2v) is 6.39. The number of carbonyl (C=O) groups excluding carboxylic acids is 1. The minimum absolute atomic E-state index is 0.217. The van der Waals surface area contributed by atoms with Crippen molar-refractivity contribution in [2.45, 2.75) is 6.42 Å². The van der Waals surface area contributed by atoms with E-state index in [4.69, 9.17) is 23.7 Å². The Morgan fingerprint density at radius 3 is 2.17 bits per heavy atom. The highest BCUT2D eigenvalue weighted by Crippen LogP contribution is 2.46. The Morgan fingerprint density at radius 2 is 1.59 bits per heavy atom. The van der Waals surface area contributed by atoms with Crippen molar-refractivity contribution in [1.29, 1.82) is 0 Å². The van der Waals surface area contributed by atoms with Gasteiger partial charge in [0.2, 0.25) is 5.75 Å². The molecule has 0 bridgehead atoms. The first-order valence-electron chi connectivity index (χ1n) is 9.05. The maximum atomic E-state index is 13.3. The molecule has 0 saturated heterocycles. The summed E-state index contributed by atoms with van der Waals surface area (Å²) in [6.45, 7) is 4.61. The molecule has 2 aromatic carbocycles. The van der Waals surface area contributed by atoms with Gasteiger partial charge in [0.1, 0.15) is 11.5 Å². The number of amides is 1. The molecule has 1 aliphatic heterocycles. The smallest absolute Gasteiger partial charge is 0.262 e. The Kier molecular flexibility index (Phi) is 5.87. The molecule has 3 rings (SSSR count). The van der Waals surface area contributed by atoms with Crippen LogP contribution in [0.2, 0.25) is 0 Å². The van der Waals surface area contributed by atoms with Crippen molar-refractivity contribution < 1.29 is 28.5 Å². The number of carbonyl (C=O) groups is 1. The third-order valence-corrected chi connectivity index (χ3v) is 5.04. The Balaban J connectivity index is 2.05. The van der Waals surface area contributed by atoms with Gasteiger partial charge in [0, 0.05) is 23.4 Å². The van der Waals surface area contributed by atoms with Gasteiger partial charge in [0.05, 0.1) is 41.1 Å². The number of rotatable bonds is 6. The van der Waals surface area contributed by atoms with Crippen LogP contribution >= 0.6 is 0 Å². The molecule has 154 valence electrons. The first-order valence-corrected chi connectivity index (χ1v) is 9.05. The number of nitrogens with zero attached hydrogens (tertiary/aromatic N) is 1. The molecule has 0 unspecified atom stereocenters. The second-order valence-electron chi connectivity index (χ2n) is 6.39. The molecule has 1 heterocycles. The first kappa shape index (κ1) is 20.4. The van der Waals surface area contributed by atoms with E-state index in [1.165, 1.54) is 7.11 Å². The normalized spacial score (nSPS) is 12.9. The van der Waals surface area contributed by atoms with Gasteiger partial charge in [-0.15, -0.1) is 0 Å². The predicted molar refractivity (Wildman–Crippen MR) is 109 cm³/mol. The number of methoxy groups -OCH3 is 5. The highest BCUT2D eigenvalue weighted by atomic mass is 16.5. The van der Waals surface area contributed by atoms with Crippen LogP contribution in [0.4, 0.5) is 0 Å². The molecule has 0 aromatic heterocycles. The molecular formula is C22H25NO6. The monoisotopic (exact) mass is 399 g/mol. The fraction of sp³-hybridized carbons (Fsp3) is 0.318. The van der Waals surface area contributed by atoms with E-state index in [0.717, 1.165) is 11.1 Å². The zero-order chi connectivity index (χ0) is 21.1. The summed E-state index contributed by atoms with van der Waals surface area (Å²) < 4.78 is 27.1. The summed E-state index contributed by atoms with van der Waals surface area (Å²) in [6, 6.07) is 6.95. The van der Waals surface area contributed by atoms with Gasteiger partial charge < -0.3 is 28.6 Å². The third kappa shape index (κ3) is 3.44. The van der Waals surface area contributed by atoms with Crippen LogP contribution in [-0.4, -0.2) is 52.9 Å². The molecular weight excluding hydrogens is 374 g/mol. The van der Waals surface area contributed by atoms with Gasteiger partial charge in [0.15, 0.2) is 11.5 Å². The SMILES string of the molecule is C=C1c2cc(OC)c(OC)c(OC)c2CCN1C(=O)c1cc(OC)ccc1OC. The van der Waals surface area contributed by atoms with E-state index in [9.17, 15) is 4.79 Å². The third-order valence-electron chi connectivity index (χ3n) is 5.04. The maximum Gasteiger partial charge on any atom is 0.262 e. The van der Waals surface area contributed by atoms with Crippen molar-refractivity contribution in [2.24, 2.45) is 0 Å². The van der Waals surface area contributed by atoms with Crippen LogP contribution in [0.25, 0.3) is 5.70 Å². The average Bonchev–Trinajstić information content (AvgIpc) is 2.76. The molecule has 0 atom stereocenters. The number of fused-ring (bicyclic) bond motifs is 1. The van der Waals surface area contributed by atoms with Crippen molar-refractivity contribution in [3.63, 3.8) is 0 Å². The standard InChI is InChI=1S/C22H25NO6/c1-13-16-12-19(27-4)21(29-6)20(28-5)15(16)9-10-23(13)22(24)17-11-14(25-2)7-8-18(17)26-3/h7-8,11-12H,1,9-10H2,2-6H3. The van der Waals surface area contributed by atoms with Crippen LogP contribution in [-0.2, 0) is 6.42 Å². The Hall–Kier alpha value is -3.35. The maximum absolute atomic E-state index is 13.3. The lowest BCUT2D eigenvalue weighted by Crippen LogP contribution is -2.35. The van der Waals surface area contributed by atoms with Gasteiger partial charge in [-0.1, -0.05) is 6.58 Å². The quantitative estimate of drug-likeness (QED) is 0.742. The van der Waals surface area contributed by atoms with Crippen molar-refractivity contribution in [1.82, 2.24) is 4.90 Å². The molecule has 29 heavy (non-hydrogen) atoms. The fourth-order valence-corrected chi connectivity index (χ4v) is 3.58. The highest BCUT2D eigenvalue weighted by molar-refractivity contribution is 6.02. The molecule has 0 saturated carbocycles. The van der Waals surface area contributed by atoms with Crippen LogP contribution in [0.1, 0.15) is 21.5 Å². The second kappa shape index (κ2) is 8.34. The van der Waals surface area contributed by atoms with Gasteiger partial charge in [-0.3, -0.25) is 4.79 Å². The predicted octanol–water partition coefficient (Wildman–Crippen LogP) is 3.40. The number of hydrogen-bond donors (Lipinski definition) is 0. The summed E-state index contributed by atoms with van der Waals surface area (Å²) in [5, 5.41) is 0. The minimum Gasteiger partial charge on any atom is -0.497 e. The summed E-state index contributed by atoms with van der Waals surface area (Å²) >= 11 is 0. The summed E-state index contributed by atoms with van der Waals surface area (Å²) in [5.41, 5.74) is 2.67. The molecule has 2 aromatic rings. The summed E-state index contributed by atoms with van der Waals surface area (Å²) in [5.74, 6) is 2.46. The van der Waals surface area contributed by atoms with Gasteiger partial charge in [0.25, 0.3) is 5.91 Å². The summed E-state index contributed by atoms with van der Waals surface area (Å²) in [6.07, 6.45) is 0.579. The summed E-state index contributed by atoms with van der Waals surface area (Å²) in [4.78, 5) is 15.0. The molecule has 0 fully saturated rings. The van der Waals surface area contributed by atoms with Crippen LogP contribution in [0, 0.1) is 0 Å². The molecule has 1 aliphatic rings. The Bertz CT molecular complexity index is 953. The molecule has 0 spiro atoms. The van der Waals surface area contributed by atoms with E-state index in [1.54, 1.807) is 51.5 Å². The van der Waals surface area contributed by atoms with Gasteiger partial charge in [-0.2, -0.15) is 0 Å². The zero-order valence-electron chi connectivity index (χ0n) is 17.3. The number of ether oxygens (including phenoxy) is 5. The Morgan fingerprint density at radius 1 is 0.897 bits per heavy atom. The summed E-state index contributed by atoms with van der Waals surface area (Å²) in [7, 11) is 7.78. The lowest BCUT2D eigenvalue weighted by Gasteiger charge is -2.33. The molecule has 1 amide bonds. The van der Waals surface area contributed by atoms with E-state index in [-0.39, 0.29) is 5.91 Å². The molecule has 0 aliphatic carbocycles. The van der Waals surface area contributed by atoms with Crippen molar-refractivity contribution >= 4 is 11.6 Å². The molecule has 0 N–H and O–H groups in total. The van der Waals surface area contributed by atoms with E-state index in [1.807, 2.05) is 6.07 Å². The van der Waals surface area contributed by atoms with Crippen LogP contribution in [0.5, 0.6) is 28.7 Å². The minimum atomic E-state index is -0.217. The Labute approximate surface area is 170 Å². The van der Waals surface area contributed by atoms with Crippen LogP contribution in [0.15, 0.2) is 30.8 Å². The van der Waals surface area contributed by atoms with Crippen LogP contribution in [0.3, 0.4) is 0 Å². The van der Waals surface area contributed by atoms with Crippen LogP contribution < -0.4 is 23.7 Å². The van der Waals surface area contributed by atoms with Gasteiger partial charge >= 0.3 is 0 Å². The van der Waals surface area contributed by atoms with E-state index < -0.39 is 0 Å². The fourth-order valence-electron chi connectivity index (χ4n) is 3.58. The van der Waals surface area contributed by atoms with Crippen molar-refractivity contribution in [3.8, 4) is 28.7 Å². The largest absolute Gasteiger partial charge is 0.497 e. The van der Waals surface area contributed by atoms with E-state index in [2.05, 4.69) is 6.58 Å². The average molecular weight is 399 g/mol. The number of benzene rings is 2. The lowest BCUT2D eigenvalue weighted by atomic mass is 9.94. The lowest BCUT2D eigenvalue weighted by molar-refractivity contribution is 0.0829.